The highest BCUT2D eigenvalue weighted by Crippen LogP contribution is 2.39. The summed E-state index contributed by atoms with van der Waals surface area (Å²) in [5.74, 6) is 0. The Hall–Kier alpha value is -1.71. The van der Waals surface area contributed by atoms with Crippen molar-refractivity contribution in [3.05, 3.63) is 60.3 Å². The van der Waals surface area contributed by atoms with Crippen molar-refractivity contribution in [2.45, 2.75) is 44.3 Å². The molecule has 1 aromatic carbocycles. The van der Waals surface area contributed by atoms with Gasteiger partial charge in [0.2, 0.25) is 0 Å². The molecule has 0 radical (unpaired) electrons. The standard InChI is InChI=1S/C18H22F3N/c1-4-14(2)22-12-6-5-11-17(22,3)16-9-7-15(8-10-16)13-18(19,20)21/h4,7-10H,1-2,5-6,11-13H2,3H3/t17-/m0/s1. The summed E-state index contributed by atoms with van der Waals surface area (Å²) in [5.41, 5.74) is 1.95. The van der Waals surface area contributed by atoms with Gasteiger partial charge in [-0.1, -0.05) is 37.4 Å². The van der Waals surface area contributed by atoms with Gasteiger partial charge in [0.1, 0.15) is 0 Å². The molecule has 2 rings (SSSR count). The molecule has 0 N–H and O–H groups in total. The van der Waals surface area contributed by atoms with Crippen LogP contribution in [0.5, 0.6) is 0 Å². The summed E-state index contributed by atoms with van der Waals surface area (Å²) < 4.78 is 37.4. The number of benzene rings is 1. The highest BCUT2D eigenvalue weighted by atomic mass is 19.4. The fraction of sp³-hybridized carbons (Fsp3) is 0.444. The van der Waals surface area contributed by atoms with E-state index in [0.717, 1.165) is 37.1 Å². The van der Waals surface area contributed by atoms with Crippen molar-refractivity contribution < 1.29 is 13.2 Å². The summed E-state index contributed by atoms with van der Waals surface area (Å²) in [4.78, 5) is 2.21. The van der Waals surface area contributed by atoms with Crippen molar-refractivity contribution in [3.8, 4) is 0 Å². The highest BCUT2D eigenvalue weighted by Gasteiger charge is 2.36. The molecule has 0 spiro atoms. The molecule has 1 aliphatic heterocycles. The topological polar surface area (TPSA) is 3.24 Å². The van der Waals surface area contributed by atoms with Crippen LogP contribution in [-0.4, -0.2) is 17.6 Å². The maximum atomic E-state index is 12.5. The van der Waals surface area contributed by atoms with E-state index in [1.165, 1.54) is 0 Å². The third kappa shape index (κ3) is 3.54. The summed E-state index contributed by atoms with van der Waals surface area (Å²) in [6.07, 6.45) is -0.164. The Kier molecular flexibility index (Phi) is 4.69. The van der Waals surface area contributed by atoms with Crippen molar-refractivity contribution in [2.75, 3.05) is 6.54 Å². The SMILES string of the molecule is C=CC(=C)N1CCCC[C@@]1(C)c1ccc(CC(F)(F)F)cc1. The van der Waals surface area contributed by atoms with E-state index < -0.39 is 12.6 Å². The number of halogens is 3. The molecule has 4 heteroatoms. The Morgan fingerprint density at radius 3 is 2.45 bits per heavy atom. The van der Waals surface area contributed by atoms with Crippen molar-refractivity contribution in [1.29, 1.82) is 0 Å². The largest absolute Gasteiger partial charge is 0.393 e. The van der Waals surface area contributed by atoms with Gasteiger partial charge >= 0.3 is 6.18 Å². The van der Waals surface area contributed by atoms with Gasteiger partial charge in [-0.05, 0) is 43.4 Å². The quantitative estimate of drug-likeness (QED) is 0.692. The number of alkyl halides is 3. The molecule has 0 saturated carbocycles. The monoisotopic (exact) mass is 309 g/mol. The Morgan fingerprint density at radius 2 is 1.91 bits per heavy atom. The zero-order valence-corrected chi connectivity index (χ0v) is 12.9. The minimum absolute atomic E-state index is 0.236. The highest BCUT2D eigenvalue weighted by molar-refractivity contribution is 5.31. The first-order valence-electron chi connectivity index (χ1n) is 7.51. The van der Waals surface area contributed by atoms with E-state index in [1.807, 2.05) is 12.1 Å². The minimum Gasteiger partial charge on any atom is -0.363 e. The maximum absolute atomic E-state index is 12.5. The summed E-state index contributed by atoms with van der Waals surface area (Å²) >= 11 is 0. The van der Waals surface area contributed by atoms with E-state index in [4.69, 9.17) is 0 Å². The summed E-state index contributed by atoms with van der Waals surface area (Å²) in [6, 6.07) is 6.79. The first-order valence-corrected chi connectivity index (χ1v) is 7.51. The molecule has 1 fully saturated rings. The van der Waals surface area contributed by atoms with Gasteiger partial charge in [0.25, 0.3) is 0 Å². The molecule has 0 amide bonds. The number of rotatable bonds is 4. The van der Waals surface area contributed by atoms with E-state index >= 15 is 0 Å². The number of piperidine rings is 1. The average molecular weight is 309 g/mol. The second-order valence-corrected chi connectivity index (χ2v) is 6.07. The van der Waals surface area contributed by atoms with Gasteiger partial charge in [0.05, 0.1) is 12.0 Å². The second-order valence-electron chi connectivity index (χ2n) is 6.07. The number of nitrogens with zero attached hydrogens (tertiary/aromatic N) is 1. The lowest BCUT2D eigenvalue weighted by atomic mass is 9.81. The van der Waals surface area contributed by atoms with Crippen LogP contribution >= 0.6 is 0 Å². The van der Waals surface area contributed by atoms with Crippen LogP contribution < -0.4 is 0 Å². The summed E-state index contributed by atoms with van der Waals surface area (Å²) in [5, 5.41) is 0. The van der Waals surface area contributed by atoms with Crippen molar-refractivity contribution >= 4 is 0 Å². The van der Waals surface area contributed by atoms with Gasteiger partial charge in [-0.2, -0.15) is 13.2 Å². The molecule has 1 saturated heterocycles. The zero-order chi connectivity index (χ0) is 16.4. The van der Waals surface area contributed by atoms with E-state index in [2.05, 4.69) is 25.0 Å². The van der Waals surface area contributed by atoms with Crippen LogP contribution in [0.1, 0.15) is 37.3 Å². The molecular formula is C18H22F3N. The van der Waals surface area contributed by atoms with Crippen LogP contribution in [0.4, 0.5) is 13.2 Å². The first-order chi connectivity index (χ1) is 10.3. The fourth-order valence-electron chi connectivity index (χ4n) is 3.20. The van der Waals surface area contributed by atoms with Crippen molar-refractivity contribution in [2.24, 2.45) is 0 Å². The van der Waals surface area contributed by atoms with Crippen LogP contribution in [-0.2, 0) is 12.0 Å². The molecule has 0 unspecified atom stereocenters. The molecule has 1 aromatic rings. The number of hydrogen-bond donors (Lipinski definition) is 0. The predicted molar refractivity (Wildman–Crippen MR) is 83.4 cm³/mol. The van der Waals surface area contributed by atoms with Gasteiger partial charge in [-0.3, -0.25) is 0 Å². The van der Waals surface area contributed by atoms with Gasteiger partial charge in [-0.25, -0.2) is 0 Å². The number of allylic oxidation sites excluding steroid dienone is 1. The Labute approximate surface area is 130 Å². The van der Waals surface area contributed by atoms with Crippen LogP contribution in [0.2, 0.25) is 0 Å². The van der Waals surface area contributed by atoms with E-state index in [9.17, 15) is 13.2 Å². The van der Waals surface area contributed by atoms with Gasteiger partial charge in [0.15, 0.2) is 0 Å². The lowest BCUT2D eigenvalue weighted by Gasteiger charge is -2.47. The third-order valence-electron chi connectivity index (χ3n) is 4.45. The van der Waals surface area contributed by atoms with Crippen LogP contribution in [0.3, 0.4) is 0 Å². The normalized spacial score (nSPS) is 22.5. The zero-order valence-electron chi connectivity index (χ0n) is 12.9. The summed E-state index contributed by atoms with van der Waals surface area (Å²) in [7, 11) is 0. The maximum Gasteiger partial charge on any atom is 0.393 e. The van der Waals surface area contributed by atoms with E-state index in [-0.39, 0.29) is 5.54 Å². The lowest BCUT2D eigenvalue weighted by molar-refractivity contribution is -0.127. The molecule has 120 valence electrons. The molecule has 22 heavy (non-hydrogen) atoms. The van der Waals surface area contributed by atoms with E-state index in [1.54, 1.807) is 18.2 Å². The Morgan fingerprint density at radius 1 is 1.27 bits per heavy atom. The van der Waals surface area contributed by atoms with Gasteiger partial charge in [-0.15, -0.1) is 0 Å². The van der Waals surface area contributed by atoms with Gasteiger partial charge in [0, 0.05) is 12.2 Å². The number of likely N-dealkylation sites (tertiary alicyclic amines) is 1. The van der Waals surface area contributed by atoms with Crippen molar-refractivity contribution in [1.82, 2.24) is 4.90 Å². The molecule has 1 heterocycles. The molecule has 1 aliphatic rings. The Bertz CT molecular complexity index is 544. The molecular weight excluding hydrogens is 287 g/mol. The first kappa shape index (κ1) is 16.7. The third-order valence-corrected chi connectivity index (χ3v) is 4.45. The van der Waals surface area contributed by atoms with Crippen LogP contribution in [0.15, 0.2) is 49.2 Å². The molecule has 0 aliphatic carbocycles. The fourth-order valence-corrected chi connectivity index (χ4v) is 3.20. The molecule has 1 nitrogen and oxygen atoms in total. The summed E-state index contributed by atoms with van der Waals surface area (Å²) in [6.45, 7) is 10.8. The Balaban J connectivity index is 2.27. The lowest BCUT2D eigenvalue weighted by Crippen LogP contribution is -2.46. The van der Waals surface area contributed by atoms with Crippen LogP contribution in [0.25, 0.3) is 0 Å². The number of hydrogen-bond acceptors (Lipinski definition) is 1. The molecule has 0 aromatic heterocycles. The van der Waals surface area contributed by atoms with E-state index in [0.29, 0.717) is 5.56 Å². The van der Waals surface area contributed by atoms with Gasteiger partial charge < -0.3 is 4.90 Å². The minimum atomic E-state index is -4.17. The van der Waals surface area contributed by atoms with Crippen molar-refractivity contribution in [3.63, 3.8) is 0 Å². The average Bonchev–Trinajstić information content (AvgIpc) is 2.46. The smallest absolute Gasteiger partial charge is 0.363 e. The molecule has 1 atom stereocenters. The molecule has 0 bridgehead atoms. The van der Waals surface area contributed by atoms with Crippen LogP contribution in [0, 0.1) is 0 Å². The second kappa shape index (κ2) is 6.19. The predicted octanol–water partition coefficient (Wildman–Crippen LogP) is 5.19.